The Kier molecular flexibility index (Phi) is 6.47. The summed E-state index contributed by atoms with van der Waals surface area (Å²) in [5.41, 5.74) is 0.583. The minimum absolute atomic E-state index is 0.356. The van der Waals surface area contributed by atoms with Gasteiger partial charge in [-0.25, -0.2) is 4.98 Å². The molecule has 18 heavy (non-hydrogen) atoms. The number of hydrogen-bond donors (Lipinski definition) is 0. The molecule has 2 nitrogen and oxygen atoms in total. The first kappa shape index (κ1) is 15.8. The van der Waals surface area contributed by atoms with E-state index in [0.717, 1.165) is 0 Å². The smallest absolute Gasteiger partial charge is 0.217 e. The van der Waals surface area contributed by atoms with Crippen molar-refractivity contribution >= 4 is 58.0 Å². The van der Waals surface area contributed by atoms with Crippen molar-refractivity contribution in [1.82, 2.24) is 9.97 Å². The molecule has 0 N–H and O–H groups in total. The van der Waals surface area contributed by atoms with E-state index in [1.165, 1.54) is 6.20 Å². The summed E-state index contributed by atoms with van der Waals surface area (Å²) in [6.07, 6.45) is 4.74. The summed E-state index contributed by atoms with van der Waals surface area (Å²) in [5, 5.41) is 0.850. The van der Waals surface area contributed by atoms with Crippen molar-refractivity contribution in [1.29, 1.82) is 0 Å². The van der Waals surface area contributed by atoms with Crippen molar-refractivity contribution in [2.24, 2.45) is 0 Å². The van der Waals surface area contributed by atoms with Crippen molar-refractivity contribution in [2.45, 2.75) is 3.79 Å². The topological polar surface area (TPSA) is 25.8 Å². The second-order valence-corrected chi connectivity index (χ2v) is 6.06. The van der Waals surface area contributed by atoms with Gasteiger partial charge >= 0.3 is 0 Å². The summed E-state index contributed by atoms with van der Waals surface area (Å²) in [4.78, 5) is 7.51. The molecule has 0 aromatic carbocycles. The molecule has 0 fully saturated rings. The molecule has 2 heterocycles. The van der Waals surface area contributed by atoms with E-state index in [-0.39, 0.29) is 0 Å². The van der Waals surface area contributed by atoms with Crippen molar-refractivity contribution < 1.29 is 0 Å². The SMILES string of the molecule is ClC(Cl)(Cl)c1cccnc1.Clc1cccnc1Cl. The Labute approximate surface area is 130 Å². The van der Waals surface area contributed by atoms with E-state index >= 15 is 0 Å². The van der Waals surface area contributed by atoms with Crippen molar-refractivity contribution in [3.63, 3.8) is 0 Å². The first-order valence-corrected chi connectivity index (χ1v) is 6.53. The maximum atomic E-state index is 5.55. The third-order valence-corrected chi connectivity index (χ3v) is 3.06. The van der Waals surface area contributed by atoms with E-state index in [2.05, 4.69) is 9.97 Å². The quantitative estimate of drug-likeness (QED) is 0.479. The van der Waals surface area contributed by atoms with E-state index in [4.69, 9.17) is 58.0 Å². The molecule has 0 saturated heterocycles. The number of halogens is 5. The Balaban J connectivity index is 0.000000184. The van der Waals surface area contributed by atoms with Gasteiger partial charge in [-0.2, -0.15) is 0 Å². The number of hydrogen-bond acceptors (Lipinski definition) is 2. The molecule has 7 heteroatoms. The lowest BCUT2D eigenvalue weighted by Crippen LogP contribution is -1.99. The molecule has 0 atom stereocenters. The summed E-state index contributed by atoms with van der Waals surface area (Å²) in [6.45, 7) is 0. The number of rotatable bonds is 0. The zero-order valence-corrected chi connectivity index (χ0v) is 12.6. The number of aromatic nitrogens is 2. The Morgan fingerprint density at radius 1 is 0.944 bits per heavy atom. The molecular formula is C11H7Cl5N2. The fraction of sp³-hybridized carbons (Fsp3) is 0.0909. The molecule has 0 aliphatic rings. The molecule has 0 unspecified atom stereocenters. The molecule has 0 amide bonds. The van der Waals surface area contributed by atoms with Crippen LogP contribution < -0.4 is 0 Å². The van der Waals surface area contributed by atoms with Crippen LogP contribution in [0.3, 0.4) is 0 Å². The monoisotopic (exact) mass is 342 g/mol. The van der Waals surface area contributed by atoms with E-state index in [1.54, 1.807) is 36.7 Å². The van der Waals surface area contributed by atoms with Gasteiger partial charge in [0.1, 0.15) is 5.15 Å². The van der Waals surface area contributed by atoms with Gasteiger partial charge in [-0.3, -0.25) is 4.98 Å². The lowest BCUT2D eigenvalue weighted by atomic mass is 10.3. The Hall–Kier alpha value is -0.250. The third-order valence-electron chi connectivity index (χ3n) is 1.70. The standard InChI is InChI=1S/C6H4Cl3N.C5H3Cl2N/c7-6(8,9)5-2-1-3-10-4-5;6-4-2-1-3-8-5(4)7/h1-4H;1-3H. The maximum Gasteiger partial charge on any atom is 0.217 e. The second kappa shape index (κ2) is 7.37. The van der Waals surface area contributed by atoms with Gasteiger partial charge in [-0.15, -0.1) is 0 Å². The minimum atomic E-state index is -1.35. The number of pyridine rings is 2. The molecular weight excluding hydrogens is 337 g/mol. The Morgan fingerprint density at radius 3 is 1.94 bits per heavy atom. The largest absolute Gasteiger partial charge is 0.264 e. The fourth-order valence-corrected chi connectivity index (χ4v) is 1.47. The third kappa shape index (κ3) is 5.59. The Morgan fingerprint density at radius 2 is 1.61 bits per heavy atom. The van der Waals surface area contributed by atoms with Crippen molar-refractivity contribution in [2.75, 3.05) is 0 Å². The fourth-order valence-electron chi connectivity index (χ4n) is 0.897. The van der Waals surface area contributed by atoms with Crippen LogP contribution in [-0.4, -0.2) is 9.97 Å². The molecule has 2 rings (SSSR count). The lowest BCUT2D eigenvalue weighted by molar-refractivity contribution is 1.17. The number of alkyl halides is 3. The molecule has 0 spiro atoms. The van der Waals surface area contributed by atoms with Gasteiger partial charge in [0, 0.05) is 24.2 Å². The van der Waals surface area contributed by atoms with Crippen LogP contribution in [0.5, 0.6) is 0 Å². The normalized spacial score (nSPS) is 10.5. The van der Waals surface area contributed by atoms with E-state index in [9.17, 15) is 0 Å². The van der Waals surface area contributed by atoms with Crippen LogP contribution in [0.4, 0.5) is 0 Å². The summed E-state index contributed by atoms with van der Waals surface area (Å²) >= 11 is 27.6. The van der Waals surface area contributed by atoms with Crippen molar-refractivity contribution in [3.8, 4) is 0 Å². The summed E-state index contributed by atoms with van der Waals surface area (Å²) in [6, 6.07) is 6.85. The van der Waals surface area contributed by atoms with Crippen LogP contribution in [0, 0.1) is 0 Å². The van der Waals surface area contributed by atoms with Gasteiger partial charge in [-0.1, -0.05) is 64.1 Å². The maximum absolute atomic E-state index is 5.55. The highest BCUT2D eigenvalue weighted by Gasteiger charge is 2.21. The van der Waals surface area contributed by atoms with Gasteiger partial charge in [-0.05, 0) is 18.2 Å². The Bertz CT molecular complexity index is 463. The first-order valence-electron chi connectivity index (χ1n) is 4.64. The molecule has 0 saturated carbocycles. The van der Waals surface area contributed by atoms with Crippen LogP contribution in [0.15, 0.2) is 42.9 Å². The zero-order valence-electron chi connectivity index (χ0n) is 8.83. The summed E-state index contributed by atoms with van der Waals surface area (Å²) < 4.78 is -1.35. The van der Waals surface area contributed by atoms with Gasteiger partial charge in [0.2, 0.25) is 3.79 Å². The highest BCUT2D eigenvalue weighted by Crippen LogP contribution is 2.37. The minimum Gasteiger partial charge on any atom is -0.264 e. The second-order valence-electron chi connectivity index (χ2n) is 3.02. The van der Waals surface area contributed by atoms with E-state index in [1.807, 2.05) is 0 Å². The van der Waals surface area contributed by atoms with Gasteiger partial charge < -0.3 is 0 Å². The lowest BCUT2D eigenvalue weighted by Gasteiger charge is -2.08. The zero-order chi connectivity index (χ0) is 13.6. The molecule has 0 aliphatic heterocycles. The predicted octanol–water partition coefficient (Wildman–Crippen LogP) is 5.30. The van der Waals surface area contributed by atoms with Crippen LogP contribution in [-0.2, 0) is 3.79 Å². The van der Waals surface area contributed by atoms with E-state index < -0.39 is 3.79 Å². The molecule has 0 bridgehead atoms. The van der Waals surface area contributed by atoms with Crippen LogP contribution in [0.25, 0.3) is 0 Å². The van der Waals surface area contributed by atoms with Crippen LogP contribution in [0.2, 0.25) is 10.2 Å². The highest BCUT2D eigenvalue weighted by atomic mass is 35.6. The van der Waals surface area contributed by atoms with Gasteiger partial charge in [0.05, 0.1) is 5.02 Å². The highest BCUT2D eigenvalue weighted by molar-refractivity contribution is 6.66. The summed E-state index contributed by atoms with van der Waals surface area (Å²) in [7, 11) is 0. The number of nitrogens with zero attached hydrogens (tertiary/aromatic N) is 2. The average Bonchev–Trinajstić information content (AvgIpc) is 2.34. The molecule has 2 aromatic heterocycles. The molecule has 0 radical (unpaired) electrons. The van der Waals surface area contributed by atoms with Gasteiger partial charge in [0.25, 0.3) is 0 Å². The first-order chi connectivity index (χ1) is 8.41. The van der Waals surface area contributed by atoms with E-state index in [0.29, 0.717) is 15.7 Å². The molecule has 0 aliphatic carbocycles. The molecule has 96 valence electrons. The predicted molar refractivity (Wildman–Crippen MR) is 77.7 cm³/mol. The van der Waals surface area contributed by atoms with Crippen LogP contribution in [0.1, 0.15) is 5.56 Å². The van der Waals surface area contributed by atoms with Crippen molar-refractivity contribution in [3.05, 3.63) is 58.6 Å². The molecule has 2 aromatic rings. The average molecular weight is 344 g/mol. The summed E-state index contributed by atoms with van der Waals surface area (Å²) in [5.74, 6) is 0. The van der Waals surface area contributed by atoms with Crippen LogP contribution >= 0.6 is 58.0 Å². The van der Waals surface area contributed by atoms with Gasteiger partial charge in [0.15, 0.2) is 0 Å².